The minimum atomic E-state index is -0.575. The summed E-state index contributed by atoms with van der Waals surface area (Å²) in [5.41, 5.74) is 0. The zero-order valence-electron chi connectivity index (χ0n) is 7.74. The average Bonchev–Trinajstić information content (AvgIpc) is 1.84. The normalized spacial score (nSPS) is 13.0. The average molecular weight is 173 g/mol. The van der Waals surface area contributed by atoms with Crippen LogP contribution in [0.15, 0.2) is 0 Å². The first-order valence-electron chi connectivity index (χ1n) is 4.08. The van der Waals surface area contributed by atoms with Gasteiger partial charge in [0.05, 0.1) is 0 Å². The molecule has 0 N–H and O–H groups in total. The molecule has 0 saturated heterocycles. The highest BCUT2D eigenvalue weighted by molar-refractivity contribution is 5.75. The van der Waals surface area contributed by atoms with Gasteiger partial charge in [0.1, 0.15) is 5.78 Å². The molecule has 0 heterocycles. The smallest absolute Gasteiger partial charge is 0.215 e. The molecule has 0 aromatic rings. The van der Waals surface area contributed by atoms with Crippen molar-refractivity contribution >= 4 is 5.78 Å². The lowest BCUT2D eigenvalue weighted by Gasteiger charge is -2.11. The molecule has 0 amide bonds. The Morgan fingerprint density at radius 1 is 1.50 bits per heavy atom. The van der Waals surface area contributed by atoms with E-state index in [4.69, 9.17) is 0 Å². The molecular formula is C8H15NO3. The van der Waals surface area contributed by atoms with Crippen LogP contribution in [0.5, 0.6) is 0 Å². The molecule has 1 unspecified atom stereocenters. The third kappa shape index (κ3) is 4.05. The maximum Gasteiger partial charge on any atom is 0.215 e. The monoisotopic (exact) mass is 173 g/mol. The van der Waals surface area contributed by atoms with Crippen LogP contribution in [-0.4, -0.2) is 16.7 Å². The Morgan fingerprint density at radius 2 is 2.00 bits per heavy atom. The molecule has 4 nitrogen and oxygen atoms in total. The van der Waals surface area contributed by atoms with Crippen molar-refractivity contribution in [2.24, 2.45) is 5.92 Å². The molecule has 0 radical (unpaired) electrons. The summed E-state index contributed by atoms with van der Waals surface area (Å²) in [6, 6.07) is -0.575. The van der Waals surface area contributed by atoms with Crippen molar-refractivity contribution in [2.45, 2.75) is 39.7 Å². The van der Waals surface area contributed by atoms with E-state index in [9.17, 15) is 14.9 Å². The van der Waals surface area contributed by atoms with Gasteiger partial charge in [-0.3, -0.25) is 10.1 Å². The van der Waals surface area contributed by atoms with Gasteiger partial charge in [0, 0.05) is 23.7 Å². The van der Waals surface area contributed by atoms with E-state index in [0.29, 0.717) is 12.8 Å². The second kappa shape index (κ2) is 4.85. The van der Waals surface area contributed by atoms with Gasteiger partial charge < -0.3 is 4.79 Å². The zero-order valence-corrected chi connectivity index (χ0v) is 7.74. The second-order valence-electron chi connectivity index (χ2n) is 3.34. The van der Waals surface area contributed by atoms with E-state index in [0.717, 1.165) is 0 Å². The number of carbonyl (C=O) groups excluding carboxylic acids is 1. The molecule has 0 fully saturated rings. The summed E-state index contributed by atoms with van der Waals surface area (Å²) in [6.07, 6.45) is 0.670. The van der Waals surface area contributed by atoms with Crippen molar-refractivity contribution in [1.29, 1.82) is 0 Å². The van der Waals surface area contributed by atoms with Gasteiger partial charge in [0.25, 0.3) is 0 Å². The Kier molecular flexibility index (Phi) is 4.47. The molecule has 0 aliphatic carbocycles. The second-order valence-corrected chi connectivity index (χ2v) is 3.34. The minimum Gasteiger partial charge on any atom is -0.300 e. The lowest BCUT2D eigenvalue weighted by molar-refractivity contribution is -0.531. The molecule has 0 saturated carbocycles. The van der Waals surface area contributed by atoms with E-state index >= 15 is 0 Å². The highest BCUT2D eigenvalue weighted by Crippen LogP contribution is 2.11. The van der Waals surface area contributed by atoms with Crippen molar-refractivity contribution in [3.05, 3.63) is 10.1 Å². The maximum atomic E-state index is 10.6. The largest absolute Gasteiger partial charge is 0.300 e. The predicted molar refractivity (Wildman–Crippen MR) is 45.5 cm³/mol. The van der Waals surface area contributed by atoms with E-state index in [1.54, 1.807) is 13.8 Å². The lowest BCUT2D eigenvalue weighted by atomic mass is 9.99. The van der Waals surface area contributed by atoms with Crippen molar-refractivity contribution in [3.63, 3.8) is 0 Å². The summed E-state index contributed by atoms with van der Waals surface area (Å²) in [5.74, 6) is 0.0156. The topological polar surface area (TPSA) is 60.2 Å². The lowest BCUT2D eigenvalue weighted by Crippen LogP contribution is -2.26. The van der Waals surface area contributed by atoms with E-state index in [-0.39, 0.29) is 16.6 Å². The minimum absolute atomic E-state index is 0.000602. The summed E-state index contributed by atoms with van der Waals surface area (Å²) < 4.78 is 0. The van der Waals surface area contributed by atoms with E-state index in [1.165, 1.54) is 6.92 Å². The first-order valence-corrected chi connectivity index (χ1v) is 4.08. The fourth-order valence-electron chi connectivity index (χ4n) is 1.03. The number of hydrogen-bond acceptors (Lipinski definition) is 3. The van der Waals surface area contributed by atoms with Crippen LogP contribution in [-0.2, 0) is 4.79 Å². The first-order chi connectivity index (χ1) is 5.45. The van der Waals surface area contributed by atoms with Gasteiger partial charge in [0.2, 0.25) is 6.04 Å². The standard InChI is InChI=1S/C8H15NO3/c1-6(2)8(9(11)12)5-4-7(3)10/h6,8H,4-5H2,1-3H3. The van der Waals surface area contributed by atoms with Crippen molar-refractivity contribution in [3.8, 4) is 0 Å². The molecule has 4 heteroatoms. The molecule has 0 aliphatic heterocycles. The summed E-state index contributed by atoms with van der Waals surface area (Å²) in [5, 5.41) is 10.4. The van der Waals surface area contributed by atoms with Crippen LogP contribution in [0.4, 0.5) is 0 Å². The van der Waals surface area contributed by atoms with Gasteiger partial charge in [0.15, 0.2) is 0 Å². The van der Waals surface area contributed by atoms with Crippen LogP contribution in [0.1, 0.15) is 33.6 Å². The molecule has 0 rings (SSSR count). The Labute approximate surface area is 72.1 Å². The van der Waals surface area contributed by atoms with E-state index in [2.05, 4.69) is 0 Å². The van der Waals surface area contributed by atoms with Crippen LogP contribution in [0, 0.1) is 16.0 Å². The van der Waals surface area contributed by atoms with E-state index in [1.807, 2.05) is 0 Å². The number of ketones is 1. The molecular weight excluding hydrogens is 158 g/mol. The molecule has 12 heavy (non-hydrogen) atoms. The van der Waals surface area contributed by atoms with Crippen LogP contribution in [0.3, 0.4) is 0 Å². The summed E-state index contributed by atoms with van der Waals surface area (Å²) in [7, 11) is 0. The molecule has 70 valence electrons. The van der Waals surface area contributed by atoms with Gasteiger partial charge in [-0.2, -0.15) is 0 Å². The van der Waals surface area contributed by atoms with Gasteiger partial charge in [-0.05, 0) is 6.92 Å². The predicted octanol–water partition coefficient (Wildman–Crippen LogP) is 1.66. The zero-order chi connectivity index (χ0) is 9.72. The number of nitro groups is 1. The summed E-state index contributed by atoms with van der Waals surface area (Å²) >= 11 is 0. The molecule has 1 atom stereocenters. The Bertz CT molecular complexity index is 177. The van der Waals surface area contributed by atoms with Crippen LogP contribution < -0.4 is 0 Å². The molecule has 0 aliphatic rings. The number of carbonyl (C=O) groups is 1. The highest BCUT2D eigenvalue weighted by Gasteiger charge is 2.24. The summed E-state index contributed by atoms with van der Waals surface area (Å²) in [6.45, 7) is 5.05. The van der Waals surface area contributed by atoms with Crippen molar-refractivity contribution in [1.82, 2.24) is 0 Å². The molecule has 0 aromatic carbocycles. The Morgan fingerprint density at radius 3 is 2.25 bits per heavy atom. The summed E-state index contributed by atoms with van der Waals surface area (Å²) in [4.78, 5) is 20.7. The molecule has 0 spiro atoms. The molecule has 0 bridgehead atoms. The maximum absolute atomic E-state index is 10.6. The van der Waals surface area contributed by atoms with Crippen molar-refractivity contribution < 1.29 is 9.72 Å². The number of Topliss-reactive ketones (excluding diaryl/α,β-unsaturated/α-hetero) is 1. The van der Waals surface area contributed by atoms with E-state index < -0.39 is 6.04 Å². The van der Waals surface area contributed by atoms with Gasteiger partial charge in [-0.25, -0.2) is 0 Å². The van der Waals surface area contributed by atoms with Gasteiger partial charge in [-0.1, -0.05) is 13.8 Å². The van der Waals surface area contributed by atoms with Crippen LogP contribution in [0.2, 0.25) is 0 Å². The Balaban J connectivity index is 3.97. The van der Waals surface area contributed by atoms with Crippen molar-refractivity contribution in [2.75, 3.05) is 0 Å². The Hall–Kier alpha value is -0.930. The quantitative estimate of drug-likeness (QED) is 0.469. The fraction of sp³-hybridized carbons (Fsp3) is 0.875. The third-order valence-corrected chi connectivity index (χ3v) is 1.83. The first kappa shape index (κ1) is 11.1. The highest BCUT2D eigenvalue weighted by atomic mass is 16.6. The molecule has 0 aromatic heterocycles. The van der Waals surface area contributed by atoms with Gasteiger partial charge in [-0.15, -0.1) is 0 Å². The number of nitrogens with zero attached hydrogens (tertiary/aromatic N) is 1. The van der Waals surface area contributed by atoms with Gasteiger partial charge >= 0.3 is 0 Å². The number of hydrogen-bond donors (Lipinski definition) is 0. The third-order valence-electron chi connectivity index (χ3n) is 1.83. The number of rotatable bonds is 5. The van der Waals surface area contributed by atoms with Crippen LogP contribution in [0.25, 0.3) is 0 Å². The SMILES string of the molecule is CC(=O)CCC(C(C)C)[N+](=O)[O-]. The van der Waals surface area contributed by atoms with Crippen LogP contribution >= 0.6 is 0 Å². The fourth-order valence-corrected chi connectivity index (χ4v) is 1.03.